The minimum Gasteiger partial charge on any atom is -0.368 e. The average molecular weight is 276 g/mol. The van der Waals surface area contributed by atoms with E-state index in [0.717, 1.165) is 0 Å². The number of carbonyl (C=O) groups is 1. The summed E-state index contributed by atoms with van der Waals surface area (Å²) in [5.74, 6) is 0.228. The molecule has 9 nitrogen and oxygen atoms in total. The summed E-state index contributed by atoms with van der Waals surface area (Å²) in [5, 5.41) is 0. The van der Waals surface area contributed by atoms with E-state index in [1.165, 1.54) is 0 Å². The fraction of sp³-hybridized carbons (Fsp3) is 0.364. The minimum atomic E-state index is -0.470. The Balaban J connectivity index is 2.42. The van der Waals surface area contributed by atoms with E-state index in [1.807, 2.05) is 13.8 Å². The van der Waals surface area contributed by atoms with Gasteiger partial charge in [-0.05, 0) is 13.8 Å². The predicted octanol–water partition coefficient (Wildman–Crippen LogP) is -0.660. The van der Waals surface area contributed by atoms with Crippen molar-refractivity contribution in [3.63, 3.8) is 0 Å². The number of amides is 1. The Kier molecular flexibility index (Phi) is 3.78. The van der Waals surface area contributed by atoms with Crippen LogP contribution in [-0.4, -0.2) is 43.0 Å². The number of primary amides is 1. The summed E-state index contributed by atoms with van der Waals surface area (Å²) in [6.45, 7) is 3.81. The zero-order chi connectivity index (χ0) is 14.7. The van der Waals surface area contributed by atoms with E-state index >= 15 is 0 Å². The van der Waals surface area contributed by atoms with Gasteiger partial charge in [0, 0.05) is 18.4 Å². The third-order valence-electron chi connectivity index (χ3n) is 2.57. The molecule has 4 N–H and O–H groups in total. The lowest BCUT2D eigenvalue weighted by Crippen LogP contribution is -2.40. The molecule has 20 heavy (non-hydrogen) atoms. The van der Waals surface area contributed by atoms with Gasteiger partial charge < -0.3 is 16.4 Å². The summed E-state index contributed by atoms with van der Waals surface area (Å²) < 4.78 is 1.60. The molecule has 9 heteroatoms. The third kappa shape index (κ3) is 2.99. The Bertz CT molecular complexity index is 594. The van der Waals surface area contributed by atoms with Gasteiger partial charge in [-0.15, -0.1) is 0 Å². The fourth-order valence-corrected chi connectivity index (χ4v) is 1.64. The number of imidazole rings is 1. The van der Waals surface area contributed by atoms with Gasteiger partial charge in [-0.2, -0.15) is 15.0 Å². The predicted molar refractivity (Wildman–Crippen MR) is 73.0 cm³/mol. The standard InChI is InChI=1S/C11H16N8O/c1-7(2)19(5-8(12)20)11-16-9(13)15-10(17-11)18-4-3-14-6-18/h3-4,6-7H,5H2,1-2H3,(H2,12,20)(H2,13,15,16,17). The zero-order valence-electron chi connectivity index (χ0n) is 11.3. The Morgan fingerprint density at radius 3 is 2.70 bits per heavy atom. The molecule has 0 aromatic carbocycles. The van der Waals surface area contributed by atoms with E-state index in [4.69, 9.17) is 11.5 Å². The van der Waals surface area contributed by atoms with Crippen LogP contribution in [0.2, 0.25) is 0 Å². The number of hydrogen-bond acceptors (Lipinski definition) is 7. The van der Waals surface area contributed by atoms with Crippen LogP contribution in [-0.2, 0) is 4.79 Å². The maximum atomic E-state index is 11.1. The van der Waals surface area contributed by atoms with Crippen LogP contribution in [0.5, 0.6) is 0 Å². The molecule has 0 bridgehead atoms. The SMILES string of the molecule is CC(C)N(CC(N)=O)c1nc(N)nc(-n2ccnc2)n1. The third-order valence-corrected chi connectivity index (χ3v) is 2.57. The normalized spacial score (nSPS) is 10.8. The highest BCUT2D eigenvalue weighted by Gasteiger charge is 2.18. The highest BCUT2D eigenvalue weighted by Crippen LogP contribution is 2.14. The van der Waals surface area contributed by atoms with Crippen molar-refractivity contribution in [3.8, 4) is 5.95 Å². The van der Waals surface area contributed by atoms with Crippen LogP contribution >= 0.6 is 0 Å². The van der Waals surface area contributed by atoms with Crippen molar-refractivity contribution in [2.24, 2.45) is 5.73 Å². The van der Waals surface area contributed by atoms with E-state index in [2.05, 4.69) is 19.9 Å². The Morgan fingerprint density at radius 1 is 1.40 bits per heavy atom. The van der Waals surface area contributed by atoms with Crippen LogP contribution < -0.4 is 16.4 Å². The van der Waals surface area contributed by atoms with Crippen molar-refractivity contribution in [2.75, 3.05) is 17.2 Å². The lowest BCUT2D eigenvalue weighted by molar-refractivity contribution is -0.116. The quantitative estimate of drug-likeness (QED) is 0.741. The van der Waals surface area contributed by atoms with Gasteiger partial charge in [-0.25, -0.2) is 4.98 Å². The van der Waals surface area contributed by atoms with Crippen molar-refractivity contribution >= 4 is 17.8 Å². The van der Waals surface area contributed by atoms with Gasteiger partial charge in [-0.3, -0.25) is 9.36 Å². The molecular weight excluding hydrogens is 260 g/mol. The maximum absolute atomic E-state index is 11.1. The van der Waals surface area contributed by atoms with E-state index < -0.39 is 5.91 Å². The van der Waals surface area contributed by atoms with Crippen molar-refractivity contribution in [1.82, 2.24) is 24.5 Å². The lowest BCUT2D eigenvalue weighted by Gasteiger charge is -2.25. The van der Waals surface area contributed by atoms with Crippen molar-refractivity contribution < 1.29 is 4.79 Å². The first-order valence-corrected chi connectivity index (χ1v) is 6.02. The van der Waals surface area contributed by atoms with Crippen LogP contribution in [0.4, 0.5) is 11.9 Å². The topological polar surface area (TPSA) is 129 Å². The Labute approximate surface area is 115 Å². The number of anilines is 2. The molecule has 2 heterocycles. The molecule has 0 saturated carbocycles. The van der Waals surface area contributed by atoms with Gasteiger partial charge in [0.15, 0.2) is 0 Å². The molecule has 0 radical (unpaired) electrons. The summed E-state index contributed by atoms with van der Waals surface area (Å²) in [6, 6.07) is -0.0139. The first-order chi connectivity index (χ1) is 9.47. The summed E-state index contributed by atoms with van der Waals surface area (Å²) in [4.78, 5) is 29.1. The number of nitrogen functional groups attached to an aromatic ring is 1. The molecule has 106 valence electrons. The minimum absolute atomic E-state index is 0.00445. The Morgan fingerprint density at radius 2 is 2.15 bits per heavy atom. The molecule has 0 fully saturated rings. The fourth-order valence-electron chi connectivity index (χ4n) is 1.64. The van der Waals surface area contributed by atoms with E-state index in [-0.39, 0.29) is 18.5 Å². The number of rotatable bonds is 5. The van der Waals surface area contributed by atoms with Gasteiger partial charge in [0.25, 0.3) is 0 Å². The summed E-state index contributed by atoms with van der Waals surface area (Å²) >= 11 is 0. The van der Waals surface area contributed by atoms with Crippen molar-refractivity contribution in [3.05, 3.63) is 18.7 Å². The first-order valence-electron chi connectivity index (χ1n) is 6.02. The molecule has 0 spiro atoms. The smallest absolute Gasteiger partial charge is 0.241 e. The van der Waals surface area contributed by atoms with E-state index in [9.17, 15) is 4.79 Å². The molecule has 0 aliphatic heterocycles. The lowest BCUT2D eigenvalue weighted by atomic mass is 10.3. The van der Waals surface area contributed by atoms with Crippen LogP contribution in [0.1, 0.15) is 13.8 Å². The summed E-state index contributed by atoms with van der Waals surface area (Å²) in [7, 11) is 0. The van der Waals surface area contributed by atoms with Crippen LogP contribution in [0.25, 0.3) is 5.95 Å². The van der Waals surface area contributed by atoms with Gasteiger partial charge in [-0.1, -0.05) is 0 Å². The molecule has 2 rings (SSSR count). The number of aromatic nitrogens is 5. The zero-order valence-corrected chi connectivity index (χ0v) is 11.3. The molecule has 0 saturated heterocycles. The monoisotopic (exact) mass is 276 g/mol. The van der Waals surface area contributed by atoms with Crippen LogP contribution in [0, 0.1) is 0 Å². The van der Waals surface area contributed by atoms with Crippen molar-refractivity contribution in [1.29, 1.82) is 0 Å². The number of nitrogens with two attached hydrogens (primary N) is 2. The van der Waals surface area contributed by atoms with Gasteiger partial charge in [0.1, 0.15) is 6.33 Å². The molecule has 2 aromatic heterocycles. The highest BCUT2D eigenvalue weighted by atomic mass is 16.1. The van der Waals surface area contributed by atoms with Crippen LogP contribution in [0.3, 0.4) is 0 Å². The molecule has 0 atom stereocenters. The largest absolute Gasteiger partial charge is 0.368 e. The summed E-state index contributed by atoms with van der Waals surface area (Å²) in [6.07, 6.45) is 4.84. The molecule has 1 amide bonds. The van der Waals surface area contributed by atoms with Gasteiger partial charge >= 0.3 is 0 Å². The second-order valence-electron chi connectivity index (χ2n) is 4.45. The highest BCUT2D eigenvalue weighted by molar-refractivity contribution is 5.79. The molecule has 0 unspecified atom stereocenters. The second kappa shape index (κ2) is 5.51. The van der Waals surface area contributed by atoms with Gasteiger partial charge in [0.05, 0.1) is 6.54 Å². The Hall–Kier alpha value is -2.71. The van der Waals surface area contributed by atoms with Gasteiger partial charge in [0.2, 0.25) is 23.8 Å². The molecule has 0 aliphatic carbocycles. The number of carbonyl (C=O) groups excluding carboxylic acids is 1. The number of nitrogens with zero attached hydrogens (tertiary/aromatic N) is 6. The molecular formula is C11H16N8O. The van der Waals surface area contributed by atoms with Crippen LogP contribution in [0.15, 0.2) is 18.7 Å². The molecule has 0 aliphatic rings. The number of hydrogen-bond donors (Lipinski definition) is 2. The van der Waals surface area contributed by atoms with Crippen molar-refractivity contribution in [2.45, 2.75) is 19.9 Å². The maximum Gasteiger partial charge on any atom is 0.241 e. The first kappa shape index (κ1) is 13.7. The average Bonchev–Trinajstić information content (AvgIpc) is 2.88. The second-order valence-corrected chi connectivity index (χ2v) is 4.45. The van der Waals surface area contributed by atoms with E-state index in [1.54, 1.807) is 28.2 Å². The van der Waals surface area contributed by atoms with E-state index in [0.29, 0.717) is 11.9 Å². The molecule has 2 aromatic rings. The summed E-state index contributed by atoms with van der Waals surface area (Å²) in [5.41, 5.74) is 10.9.